The second-order valence-corrected chi connectivity index (χ2v) is 7.01. The Balaban J connectivity index is 1.73. The molecule has 0 fully saturated rings. The highest BCUT2D eigenvalue weighted by atomic mass is 32.1. The third-order valence-electron chi connectivity index (χ3n) is 4.10. The lowest BCUT2D eigenvalue weighted by Crippen LogP contribution is -1.97. The van der Waals surface area contributed by atoms with Crippen molar-refractivity contribution in [2.24, 2.45) is 0 Å². The summed E-state index contributed by atoms with van der Waals surface area (Å²) in [6.45, 7) is 0.670. The number of nitrogens with zero attached hydrogens (tertiary/aromatic N) is 4. The minimum Gasteiger partial charge on any atom is -0.429 e. The summed E-state index contributed by atoms with van der Waals surface area (Å²) in [5.41, 5.74) is 4.64. The van der Waals surface area contributed by atoms with Gasteiger partial charge in [-0.3, -0.25) is 24.5 Å². The van der Waals surface area contributed by atoms with E-state index in [0.717, 1.165) is 10.4 Å². The van der Waals surface area contributed by atoms with E-state index in [1.54, 1.807) is 42.2 Å². The fraction of sp³-hybridized carbons (Fsp3) is 0. The predicted molar refractivity (Wildman–Crippen MR) is 115 cm³/mol. The fourth-order valence-electron chi connectivity index (χ4n) is 2.75. The smallest absolute Gasteiger partial charge is 0.298 e. The van der Waals surface area contributed by atoms with Gasteiger partial charge in [0.25, 0.3) is 12.9 Å². The maximum Gasteiger partial charge on any atom is 0.298 e. The van der Waals surface area contributed by atoms with Gasteiger partial charge in [0.15, 0.2) is 0 Å². The van der Waals surface area contributed by atoms with Crippen LogP contribution in [0.5, 0.6) is 11.5 Å². The van der Waals surface area contributed by atoms with Crippen LogP contribution < -0.4 is 9.47 Å². The quantitative estimate of drug-likeness (QED) is 0.388. The van der Waals surface area contributed by atoms with Crippen LogP contribution in [0.1, 0.15) is 10.4 Å². The molecule has 0 atom stereocenters. The number of rotatable bonds is 8. The Bertz CT molecular complexity index is 1240. The van der Waals surface area contributed by atoms with Crippen molar-refractivity contribution < 1.29 is 19.1 Å². The molecule has 31 heavy (non-hydrogen) atoms. The number of carbonyl (C=O) groups excluding carboxylic acids is 2. The van der Waals surface area contributed by atoms with Crippen LogP contribution in [0.2, 0.25) is 0 Å². The van der Waals surface area contributed by atoms with E-state index in [2.05, 4.69) is 19.9 Å². The minimum absolute atomic E-state index is 0.283. The topological polar surface area (TPSA) is 104 Å². The van der Waals surface area contributed by atoms with Crippen molar-refractivity contribution >= 4 is 36.4 Å². The molecule has 0 spiro atoms. The van der Waals surface area contributed by atoms with E-state index in [1.165, 1.54) is 17.5 Å². The van der Waals surface area contributed by atoms with Gasteiger partial charge in [0, 0.05) is 41.7 Å². The van der Waals surface area contributed by atoms with E-state index < -0.39 is 0 Å². The van der Waals surface area contributed by atoms with Gasteiger partial charge in [-0.05, 0) is 29.8 Å². The third kappa shape index (κ3) is 5.03. The Labute approximate surface area is 180 Å². The molecule has 0 saturated carbocycles. The van der Waals surface area contributed by atoms with Crippen molar-refractivity contribution in [3.05, 3.63) is 70.9 Å². The summed E-state index contributed by atoms with van der Waals surface area (Å²) >= 11 is 1.54. The molecular formula is C22H14N4O4S. The summed E-state index contributed by atoms with van der Waals surface area (Å²) in [6.07, 6.45) is 8.86. The summed E-state index contributed by atoms with van der Waals surface area (Å²) in [5, 5.41) is 0. The molecule has 4 aromatic rings. The first kappa shape index (κ1) is 20.0. The summed E-state index contributed by atoms with van der Waals surface area (Å²) in [4.78, 5) is 39.9. The zero-order valence-corrected chi connectivity index (χ0v) is 16.7. The van der Waals surface area contributed by atoms with Crippen molar-refractivity contribution in [3.8, 4) is 34.3 Å². The second-order valence-electron chi connectivity index (χ2n) is 6.09. The second kappa shape index (κ2) is 9.51. The third-order valence-corrected chi connectivity index (χ3v) is 4.84. The molecule has 152 valence electrons. The van der Waals surface area contributed by atoms with Crippen LogP contribution in [0.3, 0.4) is 0 Å². The Morgan fingerprint density at radius 3 is 2.16 bits per heavy atom. The van der Waals surface area contributed by atoms with Crippen LogP contribution in [0.4, 0.5) is 0 Å². The molecule has 9 heteroatoms. The summed E-state index contributed by atoms with van der Waals surface area (Å²) < 4.78 is 9.93. The average Bonchev–Trinajstić information content (AvgIpc) is 3.32. The molecule has 4 rings (SSSR count). The molecular weight excluding hydrogens is 416 g/mol. The number of hydrogen-bond acceptors (Lipinski definition) is 9. The van der Waals surface area contributed by atoms with Gasteiger partial charge in [0.05, 0.1) is 28.3 Å². The molecule has 8 nitrogen and oxygen atoms in total. The summed E-state index contributed by atoms with van der Waals surface area (Å²) in [6, 6.07) is 10.0. The molecule has 0 aliphatic carbocycles. The summed E-state index contributed by atoms with van der Waals surface area (Å²) in [7, 11) is 0. The van der Waals surface area contributed by atoms with Gasteiger partial charge in [-0.15, -0.1) is 11.3 Å². The maximum atomic E-state index is 10.9. The lowest BCUT2D eigenvalue weighted by molar-refractivity contribution is -0.121. The lowest BCUT2D eigenvalue weighted by Gasteiger charge is -2.08. The zero-order valence-electron chi connectivity index (χ0n) is 15.9. The molecule has 0 N–H and O–H groups in total. The van der Waals surface area contributed by atoms with Gasteiger partial charge in [-0.2, -0.15) is 0 Å². The van der Waals surface area contributed by atoms with E-state index in [0.29, 0.717) is 41.5 Å². The highest BCUT2D eigenvalue weighted by Crippen LogP contribution is 2.28. The monoisotopic (exact) mass is 430 g/mol. The van der Waals surface area contributed by atoms with Gasteiger partial charge in [-0.1, -0.05) is 6.08 Å². The molecule has 0 amide bonds. The van der Waals surface area contributed by atoms with Crippen molar-refractivity contribution in [1.29, 1.82) is 0 Å². The van der Waals surface area contributed by atoms with Crippen LogP contribution >= 0.6 is 11.3 Å². The number of ether oxygens (including phenoxy) is 2. The molecule has 0 unspecified atom stereocenters. The van der Waals surface area contributed by atoms with Gasteiger partial charge >= 0.3 is 0 Å². The van der Waals surface area contributed by atoms with Gasteiger partial charge in [0.1, 0.15) is 11.5 Å². The van der Waals surface area contributed by atoms with E-state index in [4.69, 9.17) is 9.47 Å². The van der Waals surface area contributed by atoms with E-state index >= 15 is 0 Å². The Kier molecular flexibility index (Phi) is 6.15. The lowest BCUT2D eigenvalue weighted by atomic mass is 10.1. The number of thiazole rings is 1. The fourth-order valence-corrected chi connectivity index (χ4v) is 3.26. The maximum absolute atomic E-state index is 10.9. The number of hydrogen-bond donors (Lipinski definition) is 0. The van der Waals surface area contributed by atoms with E-state index in [1.807, 2.05) is 24.3 Å². The van der Waals surface area contributed by atoms with Crippen molar-refractivity contribution in [1.82, 2.24) is 19.9 Å². The Hall–Kier alpha value is -4.24. The van der Waals surface area contributed by atoms with Gasteiger partial charge < -0.3 is 9.47 Å². The zero-order chi connectivity index (χ0) is 21.5. The Morgan fingerprint density at radius 2 is 1.45 bits per heavy atom. The van der Waals surface area contributed by atoms with Crippen LogP contribution in [-0.2, 0) is 9.59 Å². The van der Waals surface area contributed by atoms with Crippen molar-refractivity contribution in [3.63, 3.8) is 0 Å². The molecule has 0 aliphatic rings. The minimum atomic E-state index is 0.283. The van der Waals surface area contributed by atoms with Crippen LogP contribution in [0, 0.1) is 0 Å². The van der Waals surface area contributed by atoms with E-state index in [-0.39, 0.29) is 5.75 Å². The SMILES string of the molecule is O=COc1ccnc(-c2cc(OC=O)cc(-c3cc(/C=C/c4cncs4)ccn3)n2)c1. The van der Waals surface area contributed by atoms with Crippen molar-refractivity contribution in [2.75, 3.05) is 0 Å². The van der Waals surface area contributed by atoms with Gasteiger partial charge in [0.2, 0.25) is 0 Å². The Morgan fingerprint density at radius 1 is 0.774 bits per heavy atom. The molecule has 0 saturated heterocycles. The van der Waals surface area contributed by atoms with Crippen LogP contribution in [0.15, 0.2) is 60.5 Å². The summed E-state index contributed by atoms with van der Waals surface area (Å²) in [5.74, 6) is 0.601. The highest BCUT2D eigenvalue weighted by molar-refractivity contribution is 7.10. The molecule has 0 aromatic carbocycles. The normalized spacial score (nSPS) is 10.7. The van der Waals surface area contributed by atoms with Gasteiger partial charge in [-0.25, -0.2) is 4.98 Å². The number of carbonyl (C=O) groups is 2. The first-order valence-corrected chi connectivity index (χ1v) is 9.85. The van der Waals surface area contributed by atoms with Crippen molar-refractivity contribution in [2.45, 2.75) is 0 Å². The molecule has 0 radical (unpaired) electrons. The molecule has 4 heterocycles. The van der Waals surface area contributed by atoms with Crippen LogP contribution in [-0.4, -0.2) is 32.9 Å². The predicted octanol–water partition coefficient (Wildman–Crippen LogP) is 3.90. The molecule has 0 aliphatic heterocycles. The average molecular weight is 430 g/mol. The number of aromatic nitrogens is 4. The van der Waals surface area contributed by atoms with E-state index in [9.17, 15) is 9.59 Å². The first-order valence-electron chi connectivity index (χ1n) is 8.97. The molecule has 0 bridgehead atoms. The standard InChI is InChI=1S/C22H14N4O4S/c27-13-29-16-4-6-25-20(8-16)22-10-17(30-14-28)9-21(26-22)19-7-15(3-5-24-19)1-2-18-11-23-12-31-18/h1-14H/b2-1+. The largest absolute Gasteiger partial charge is 0.429 e. The molecule has 4 aromatic heterocycles. The van der Waals surface area contributed by atoms with Crippen LogP contribution in [0.25, 0.3) is 34.9 Å². The highest BCUT2D eigenvalue weighted by Gasteiger charge is 2.11. The number of pyridine rings is 3. The first-order chi connectivity index (χ1) is 15.2.